The molecule has 1 aromatic heterocycles. The molecule has 13 heteroatoms. The van der Waals surface area contributed by atoms with Crippen LogP contribution < -0.4 is 19.3 Å². The minimum absolute atomic E-state index is 0.579. The van der Waals surface area contributed by atoms with Crippen LogP contribution in [0.1, 0.15) is 12.7 Å². The van der Waals surface area contributed by atoms with Crippen molar-refractivity contribution in [2.24, 2.45) is 0 Å². The smallest absolute Gasteiger partial charge is 0.261 e. The Hall–Kier alpha value is -2.22. The van der Waals surface area contributed by atoms with E-state index in [1.54, 1.807) is 14.2 Å². The van der Waals surface area contributed by atoms with E-state index in [-0.39, 0.29) is 0 Å². The van der Waals surface area contributed by atoms with Gasteiger partial charge in [-0.1, -0.05) is 0 Å². The second kappa shape index (κ2) is 11.6. The average Bonchev–Trinajstić information content (AvgIpc) is 2.74. The van der Waals surface area contributed by atoms with Gasteiger partial charge in [0.1, 0.15) is 23.0 Å². The number of anilines is 3. The van der Waals surface area contributed by atoms with Gasteiger partial charge in [-0.2, -0.15) is 23.4 Å². The largest absolute Gasteiger partial charge is 0.497 e. The van der Waals surface area contributed by atoms with Gasteiger partial charge in [-0.25, -0.2) is 0 Å². The summed E-state index contributed by atoms with van der Waals surface area (Å²) in [6, 6.07) is 3.75. The van der Waals surface area contributed by atoms with Gasteiger partial charge in [-0.15, -0.1) is 0 Å². The number of hydrogen-bond acceptors (Lipinski definition) is 10. The van der Waals surface area contributed by atoms with Gasteiger partial charge in [0.15, 0.2) is 0 Å². The molecule has 32 heavy (non-hydrogen) atoms. The molecule has 0 bridgehead atoms. The van der Waals surface area contributed by atoms with Gasteiger partial charge in [0.05, 0.1) is 33.7 Å². The van der Waals surface area contributed by atoms with E-state index < -0.39 is 10.1 Å². The van der Waals surface area contributed by atoms with Gasteiger partial charge in [0, 0.05) is 30.2 Å². The summed E-state index contributed by atoms with van der Waals surface area (Å²) in [6.07, 6.45) is 0.715. The summed E-state index contributed by atoms with van der Waals surface area (Å²) in [5.74, 6) is 3.30. The van der Waals surface area contributed by atoms with Crippen LogP contribution in [0.25, 0.3) is 0 Å². The molecule has 3 rings (SSSR count). The van der Waals surface area contributed by atoms with Crippen molar-refractivity contribution in [3.05, 3.63) is 22.4 Å². The molecule has 0 amide bonds. The second-order valence-electron chi connectivity index (χ2n) is 6.72. The van der Waals surface area contributed by atoms with Crippen LogP contribution in [0, 0.1) is 6.92 Å². The molecule has 1 aromatic carbocycles. The SMILES string of the molecule is CCN(c1nc(C)nc(N2CCOCC2)n1)c1c(Br)cc(OC)cc1OC.CS(=O)(=O)O. The highest BCUT2D eigenvalue weighted by molar-refractivity contribution is 9.10. The van der Waals surface area contributed by atoms with Gasteiger partial charge in [-0.3, -0.25) is 4.55 Å². The van der Waals surface area contributed by atoms with Crippen LogP contribution in [-0.4, -0.2) is 81.2 Å². The van der Waals surface area contributed by atoms with Crippen molar-refractivity contribution in [3.8, 4) is 11.5 Å². The monoisotopic (exact) mass is 533 g/mol. The number of benzene rings is 1. The van der Waals surface area contributed by atoms with Crippen LogP contribution in [0.4, 0.5) is 17.6 Å². The van der Waals surface area contributed by atoms with Crippen LogP contribution in [0.3, 0.4) is 0 Å². The Morgan fingerprint density at radius 3 is 2.34 bits per heavy atom. The lowest BCUT2D eigenvalue weighted by atomic mass is 10.2. The molecule has 1 aliphatic rings. The average molecular weight is 534 g/mol. The predicted octanol–water partition coefficient (Wildman–Crippen LogP) is 2.46. The van der Waals surface area contributed by atoms with Gasteiger partial charge in [0.2, 0.25) is 11.9 Å². The summed E-state index contributed by atoms with van der Waals surface area (Å²) in [7, 11) is -0.404. The predicted molar refractivity (Wildman–Crippen MR) is 125 cm³/mol. The zero-order valence-electron chi connectivity index (χ0n) is 18.7. The third-order valence-electron chi connectivity index (χ3n) is 4.30. The molecule has 0 unspecified atom stereocenters. The first-order valence-electron chi connectivity index (χ1n) is 9.74. The van der Waals surface area contributed by atoms with Crippen LogP contribution in [0.5, 0.6) is 11.5 Å². The number of halogens is 1. The summed E-state index contributed by atoms with van der Waals surface area (Å²) in [6.45, 7) is 7.47. The number of rotatable bonds is 6. The van der Waals surface area contributed by atoms with Gasteiger partial charge in [-0.05, 0) is 35.8 Å². The van der Waals surface area contributed by atoms with E-state index in [1.165, 1.54) is 0 Å². The molecule has 11 nitrogen and oxygen atoms in total. The molecule has 0 saturated carbocycles. The normalized spacial score (nSPS) is 13.8. The standard InChI is InChI=1S/C18H24BrN5O3.CH4O3S/c1-5-24(16-14(19)10-13(25-3)11-15(16)26-4)18-21-12(2)20-17(22-18)23-6-8-27-9-7-23;1-5(2,3)4/h10-11H,5-9H2,1-4H3;1H3,(H,2,3,4). The lowest BCUT2D eigenvalue weighted by Crippen LogP contribution is -2.38. The van der Waals surface area contributed by atoms with Crippen molar-refractivity contribution in [2.75, 3.05) is 63.1 Å². The summed E-state index contributed by atoms with van der Waals surface area (Å²) in [5, 5.41) is 0. The maximum atomic E-state index is 9.19. The highest BCUT2D eigenvalue weighted by atomic mass is 79.9. The fourth-order valence-electron chi connectivity index (χ4n) is 2.96. The Labute approximate surface area is 196 Å². The minimum Gasteiger partial charge on any atom is -0.497 e. The Balaban J connectivity index is 0.000000654. The minimum atomic E-state index is -3.67. The Bertz CT molecular complexity index is 1010. The van der Waals surface area contributed by atoms with E-state index in [2.05, 4.69) is 30.8 Å². The third kappa shape index (κ3) is 7.43. The molecule has 0 aliphatic carbocycles. The Morgan fingerprint density at radius 2 is 1.81 bits per heavy atom. The zero-order chi connectivity index (χ0) is 23.9. The molecule has 178 valence electrons. The number of ether oxygens (including phenoxy) is 3. The summed E-state index contributed by atoms with van der Waals surface area (Å²) >= 11 is 3.63. The van der Waals surface area contributed by atoms with Crippen molar-refractivity contribution in [3.63, 3.8) is 0 Å². The van der Waals surface area contributed by atoms with Crippen molar-refractivity contribution >= 4 is 43.6 Å². The Kier molecular flexibility index (Phi) is 9.43. The highest BCUT2D eigenvalue weighted by Crippen LogP contribution is 2.42. The number of aromatic nitrogens is 3. The molecule has 1 aliphatic heterocycles. The highest BCUT2D eigenvalue weighted by Gasteiger charge is 2.23. The Morgan fingerprint density at radius 1 is 1.19 bits per heavy atom. The fraction of sp³-hybridized carbons (Fsp3) is 0.526. The van der Waals surface area contributed by atoms with E-state index >= 15 is 0 Å². The number of hydrogen-bond donors (Lipinski definition) is 1. The maximum absolute atomic E-state index is 9.19. The lowest BCUT2D eigenvalue weighted by molar-refractivity contribution is 0.122. The van der Waals surface area contributed by atoms with Crippen LogP contribution in [0.2, 0.25) is 0 Å². The van der Waals surface area contributed by atoms with E-state index in [1.807, 2.05) is 30.9 Å². The molecule has 0 radical (unpaired) electrons. The first kappa shape index (κ1) is 26.0. The first-order chi connectivity index (χ1) is 15.1. The van der Waals surface area contributed by atoms with Crippen molar-refractivity contribution in [2.45, 2.75) is 13.8 Å². The number of aryl methyl sites for hydroxylation is 1. The van der Waals surface area contributed by atoms with Gasteiger partial charge < -0.3 is 24.0 Å². The number of morpholine rings is 1. The van der Waals surface area contributed by atoms with Gasteiger partial charge >= 0.3 is 0 Å². The third-order valence-corrected chi connectivity index (χ3v) is 4.91. The number of nitrogens with zero attached hydrogens (tertiary/aromatic N) is 5. The van der Waals surface area contributed by atoms with Crippen LogP contribution >= 0.6 is 15.9 Å². The molecule has 2 heterocycles. The van der Waals surface area contributed by atoms with E-state index in [9.17, 15) is 8.42 Å². The fourth-order valence-corrected chi connectivity index (χ4v) is 3.60. The van der Waals surface area contributed by atoms with Crippen molar-refractivity contribution < 1.29 is 27.2 Å². The lowest BCUT2D eigenvalue weighted by Gasteiger charge is -2.29. The first-order valence-corrected chi connectivity index (χ1v) is 12.4. The molecule has 1 saturated heterocycles. The quantitative estimate of drug-likeness (QED) is 0.549. The zero-order valence-corrected chi connectivity index (χ0v) is 21.1. The molecule has 2 aromatic rings. The topological polar surface area (TPSA) is 127 Å². The van der Waals surface area contributed by atoms with E-state index in [4.69, 9.17) is 23.7 Å². The summed E-state index contributed by atoms with van der Waals surface area (Å²) < 4.78 is 43.1. The summed E-state index contributed by atoms with van der Waals surface area (Å²) in [5.41, 5.74) is 0.847. The molecule has 1 N–H and O–H groups in total. The molecular formula is C19H28BrN5O6S. The van der Waals surface area contributed by atoms with E-state index in [0.29, 0.717) is 55.2 Å². The van der Waals surface area contributed by atoms with E-state index in [0.717, 1.165) is 23.2 Å². The maximum Gasteiger partial charge on any atom is 0.261 e. The molecule has 0 atom stereocenters. The van der Waals surface area contributed by atoms with Crippen molar-refractivity contribution in [1.82, 2.24) is 15.0 Å². The van der Waals surface area contributed by atoms with Crippen LogP contribution in [0.15, 0.2) is 16.6 Å². The van der Waals surface area contributed by atoms with Crippen molar-refractivity contribution in [1.29, 1.82) is 0 Å². The summed E-state index contributed by atoms with van der Waals surface area (Å²) in [4.78, 5) is 17.9. The molecule has 1 fully saturated rings. The van der Waals surface area contributed by atoms with Crippen LogP contribution in [-0.2, 0) is 14.9 Å². The van der Waals surface area contributed by atoms with Gasteiger partial charge in [0.25, 0.3) is 10.1 Å². The second-order valence-corrected chi connectivity index (χ2v) is 9.04. The number of methoxy groups -OCH3 is 2. The molecular weight excluding hydrogens is 506 g/mol. The molecule has 0 spiro atoms.